The Kier molecular flexibility index (Phi) is 3.18. The van der Waals surface area contributed by atoms with Gasteiger partial charge in [0.2, 0.25) is 0 Å². The molecule has 0 heterocycles. The molecule has 88 valence electrons. The summed E-state index contributed by atoms with van der Waals surface area (Å²) in [5.41, 5.74) is -1.93. The summed E-state index contributed by atoms with van der Waals surface area (Å²) in [7, 11) is 0. The number of rotatable bonds is 2. The zero-order chi connectivity index (χ0) is 12.5. The van der Waals surface area contributed by atoms with Crippen LogP contribution in [-0.4, -0.2) is 10.0 Å². The molecule has 16 heavy (non-hydrogen) atoms. The van der Waals surface area contributed by atoms with Crippen molar-refractivity contribution in [2.24, 2.45) is 0 Å². The van der Waals surface area contributed by atoms with Crippen molar-refractivity contribution in [1.29, 1.82) is 0 Å². The molecule has 0 saturated heterocycles. The Labute approximate surface area is 88.5 Å². The molecule has 0 atom stereocenters. The summed E-state index contributed by atoms with van der Waals surface area (Å²) in [6.45, 7) is 0.396. The summed E-state index contributed by atoms with van der Waals surface area (Å²) in [5.74, 6) is 0. The number of hydrogen-bond acceptors (Lipinski definition) is 3. The molecule has 0 unspecified atom stereocenters. The van der Waals surface area contributed by atoms with Gasteiger partial charge >= 0.3 is 6.18 Å². The SMILES string of the molecule is Cc1cc(C(F)(F)F)cc(CO)c1[N+](=O)[O-]. The standard InChI is InChI=1S/C9H8F3NO3/c1-5-2-7(9(10,11)12)3-6(4-14)8(5)13(15)16/h2-3,14H,4H2,1H3. The number of aryl methyl sites for hydroxylation is 1. The van der Waals surface area contributed by atoms with Crippen molar-refractivity contribution in [2.75, 3.05) is 0 Å². The number of nitro benzene ring substituents is 1. The summed E-state index contributed by atoms with van der Waals surface area (Å²) in [6.07, 6.45) is -4.58. The van der Waals surface area contributed by atoms with Gasteiger partial charge in [-0.15, -0.1) is 0 Å². The largest absolute Gasteiger partial charge is 0.416 e. The van der Waals surface area contributed by atoms with Gasteiger partial charge in [-0.05, 0) is 19.1 Å². The van der Waals surface area contributed by atoms with Crippen molar-refractivity contribution in [1.82, 2.24) is 0 Å². The third-order valence-electron chi connectivity index (χ3n) is 2.06. The van der Waals surface area contributed by atoms with Crippen LogP contribution in [0.15, 0.2) is 12.1 Å². The number of nitrogens with zero attached hydrogens (tertiary/aromatic N) is 1. The van der Waals surface area contributed by atoms with Crippen molar-refractivity contribution < 1.29 is 23.2 Å². The lowest BCUT2D eigenvalue weighted by Gasteiger charge is -2.10. The molecule has 4 nitrogen and oxygen atoms in total. The molecule has 0 radical (unpaired) electrons. The molecule has 0 fully saturated rings. The van der Waals surface area contributed by atoms with Gasteiger partial charge in [0.15, 0.2) is 0 Å². The van der Waals surface area contributed by atoms with E-state index >= 15 is 0 Å². The van der Waals surface area contributed by atoms with Gasteiger partial charge in [-0.25, -0.2) is 0 Å². The van der Waals surface area contributed by atoms with Gasteiger partial charge in [0.05, 0.1) is 22.7 Å². The summed E-state index contributed by atoms with van der Waals surface area (Å²) < 4.78 is 37.1. The smallest absolute Gasteiger partial charge is 0.391 e. The van der Waals surface area contributed by atoms with Crippen molar-refractivity contribution in [3.8, 4) is 0 Å². The Balaban J connectivity index is 3.44. The molecule has 1 aromatic rings. The first-order valence-corrected chi connectivity index (χ1v) is 4.23. The fraction of sp³-hybridized carbons (Fsp3) is 0.333. The molecule has 0 amide bonds. The first-order valence-electron chi connectivity index (χ1n) is 4.23. The topological polar surface area (TPSA) is 63.4 Å². The minimum Gasteiger partial charge on any atom is -0.391 e. The summed E-state index contributed by atoms with van der Waals surface area (Å²) in [4.78, 5) is 9.77. The van der Waals surface area contributed by atoms with Crippen molar-refractivity contribution in [3.63, 3.8) is 0 Å². The average Bonchev–Trinajstić information content (AvgIpc) is 2.14. The van der Waals surface area contributed by atoms with Gasteiger partial charge < -0.3 is 5.11 Å². The molecule has 0 spiro atoms. The van der Waals surface area contributed by atoms with Crippen LogP contribution < -0.4 is 0 Å². The molecular weight excluding hydrogens is 227 g/mol. The van der Waals surface area contributed by atoms with Crippen LogP contribution >= 0.6 is 0 Å². The summed E-state index contributed by atoms with van der Waals surface area (Å²) in [6, 6.07) is 1.28. The van der Waals surface area contributed by atoms with Gasteiger partial charge in [0.1, 0.15) is 0 Å². The van der Waals surface area contributed by atoms with Crippen molar-refractivity contribution in [3.05, 3.63) is 38.9 Å². The lowest BCUT2D eigenvalue weighted by molar-refractivity contribution is -0.386. The first-order chi connectivity index (χ1) is 7.27. The maximum Gasteiger partial charge on any atom is 0.416 e. The van der Waals surface area contributed by atoms with Crippen molar-refractivity contribution in [2.45, 2.75) is 19.7 Å². The highest BCUT2D eigenvalue weighted by molar-refractivity contribution is 5.50. The number of benzene rings is 1. The maximum atomic E-state index is 12.4. The van der Waals surface area contributed by atoms with E-state index in [1.165, 1.54) is 6.92 Å². The molecule has 0 saturated carbocycles. The highest BCUT2D eigenvalue weighted by atomic mass is 19.4. The van der Waals surface area contributed by atoms with Crippen LogP contribution in [0, 0.1) is 17.0 Å². The number of nitro groups is 1. The molecule has 7 heteroatoms. The molecule has 0 aromatic heterocycles. The van der Waals surface area contributed by atoms with E-state index < -0.39 is 29.0 Å². The normalized spacial score (nSPS) is 11.6. The zero-order valence-electron chi connectivity index (χ0n) is 8.21. The third kappa shape index (κ3) is 2.30. The third-order valence-corrected chi connectivity index (χ3v) is 2.06. The van der Waals surface area contributed by atoms with Crippen LogP contribution in [0.25, 0.3) is 0 Å². The van der Waals surface area contributed by atoms with E-state index in [9.17, 15) is 23.3 Å². The van der Waals surface area contributed by atoms with Gasteiger partial charge in [0, 0.05) is 5.56 Å². The van der Waals surface area contributed by atoms with Crippen molar-refractivity contribution >= 4 is 5.69 Å². The summed E-state index contributed by atoms with van der Waals surface area (Å²) >= 11 is 0. The Hall–Kier alpha value is -1.63. The van der Waals surface area contributed by atoms with Gasteiger partial charge in [0.25, 0.3) is 5.69 Å². The number of aliphatic hydroxyl groups excluding tert-OH is 1. The number of aliphatic hydroxyl groups is 1. The lowest BCUT2D eigenvalue weighted by Crippen LogP contribution is -2.08. The highest BCUT2D eigenvalue weighted by Crippen LogP contribution is 2.34. The second kappa shape index (κ2) is 4.09. The van der Waals surface area contributed by atoms with Crippen LogP contribution in [0.1, 0.15) is 16.7 Å². The second-order valence-corrected chi connectivity index (χ2v) is 3.21. The van der Waals surface area contributed by atoms with Crippen LogP contribution in [0.4, 0.5) is 18.9 Å². The highest BCUT2D eigenvalue weighted by Gasteiger charge is 2.33. The predicted molar refractivity (Wildman–Crippen MR) is 48.8 cm³/mol. The fourth-order valence-electron chi connectivity index (χ4n) is 1.40. The minimum atomic E-state index is -4.58. The molecule has 0 bridgehead atoms. The van der Waals surface area contributed by atoms with Gasteiger partial charge in [-0.3, -0.25) is 10.1 Å². The van der Waals surface area contributed by atoms with E-state index in [-0.39, 0.29) is 11.1 Å². The Bertz CT molecular complexity index is 429. The Morgan fingerprint density at radius 2 is 2.00 bits per heavy atom. The monoisotopic (exact) mass is 235 g/mol. The van der Waals surface area contributed by atoms with Gasteiger partial charge in [-0.1, -0.05) is 0 Å². The van der Waals surface area contributed by atoms with E-state index in [1.54, 1.807) is 0 Å². The molecule has 1 N–H and O–H groups in total. The van der Waals surface area contributed by atoms with E-state index in [0.29, 0.717) is 12.1 Å². The van der Waals surface area contributed by atoms with Gasteiger partial charge in [-0.2, -0.15) is 13.2 Å². The lowest BCUT2D eigenvalue weighted by atomic mass is 10.0. The maximum absolute atomic E-state index is 12.4. The molecule has 0 aliphatic heterocycles. The minimum absolute atomic E-state index is 0.121. The molecule has 0 aliphatic carbocycles. The molecular formula is C9H8F3NO3. The number of hydrogen-bond donors (Lipinski definition) is 1. The number of halogens is 3. The van der Waals surface area contributed by atoms with E-state index in [2.05, 4.69) is 0 Å². The van der Waals surface area contributed by atoms with Crippen LogP contribution in [0.5, 0.6) is 0 Å². The molecule has 1 aromatic carbocycles. The van der Waals surface area contributed by atoms with E-state index in [0.717, 1.165) is 0 Å². The Morgan fingerprint density at radius 1 is 1.44 bits per heavy atom. The van der Waals surface area contributed by atoms with E-state index in [4.69, 9.17) is 5.11 Å². The zero-order valence-corrected chi connectivity index (χ0v) is 8.21. The Morgan fingerprint density at radius 3 is 2.38 bits per heavy atom. The fourth-order valence-corrected chi connectivity index (χ4v) is 1.40. The first kappa shape index (κ1) is 12.4. The van der Waals surface area contributed by atoms with Crippen LogP contribution in [0.2, 0.25) is 0 Å². The van der Waals surface area contributed by atoms with Crippen LogP contribution in [0.3, 0.4) is 0 Å². The predicted octanol–water partition coefficient (Wildman–Crippen LogP) is 2.41. The molecule has 1 rings (SSSR count). The average molecular weight is 235 g/mol. The summed E-state index contributed by atoms with van der Waals surface area (Å²) in [5, 5.41) is 19.4. The van der Waals surface area contributed by atoms with E-state index in [1.807, 2.05) is 0 Å². The van der Waals surface area contributed by atoms with Crippen LogP contribution in [-0.2, 0) is 12.8 Å². The quantitative estimate of drug-likeness (QED) is 0.632. The second-order valence-electron chi connectivity index (χ2n) is 3.21. The molecule has 0 aliphatic rings. The number of alkyl halides is 3.